The minimum atomic E-state index is -3.89. The second-order valence-electron chi connectivity index (χ2n) is 4.79. The molecule has 0 radical (unpaired) electrons. The summed E-state index contributed by atoms with van der Waals surface area (Å²) in [4.78, 5) is 10.9. The first kappa shape index (κ1) is 18.7. The molecule has 9 heteroatoms. The van der Waals surface area contributed by atoms with Crippen LogP contribution >= 0.6 is 27.5 Å². The van der Waals surface area contributed by atoms with Gasteiger partial charge in [-0.3, -0.25) is 9.52 Å². The molecule has 2 aromatic carbocycles. The molecule has 0 fully saturated rings. The van der Waals surface area contributed by atoms with Crippen molar-refractivity contribution in [2.75, 3.05) is 10.6 Å². The highest BCUT2D eigenvalue weighted by molar-refractivity contribution is 9.10. The van der Waals surface area contributed by atoms with E-state index >= 15 is 0 Å². The molecule has 24 heavy (non-hydrogen) atoms. The molecule has 0 aliphatic carbocycles. The van der Waals surface area contributed by atoms with Crippen molar-refractivity contribution in [2.45, 2.75) is 11.4 Å². The number of hydrogen-bond acceptors (Lipinski definition) is 3. The number of hydrogen-bond donors (Lipinski definition) is 2. The van der Waals surface area contributed by atoms with Crippen LogP contribution in [0.2, 0.25) is 0 Å². The van der Waals surface area contributed by atoms with E-state index < -0.39 is 15.8 Å². The summed E-state index contributed by atoms with van der Waals surface area (Å²) in [6.07, 6.45) is 0. The van der Waals surface area contributed by atoms with Gasteiger partial charge in [0.2, 0.25) is 5.91 Å². The zero-order valence-electron chi connectivity index (χ0n) is 12.2. The van der Waals surface area contributed by atoms with Gasteiger partial charge in [-0.05, 0) is 51.8 Å². The highest BCUT2D eigenvalue weighted by atomic mass is 79.9. The number of benzene rings is 2. The molecule has 2 aromatic rings. The first-order valence-corrected chi connectivity index (χ1v) is 9.52. The summed E-state index contributed by atoms with van der Waals surface area (Å²) in [6, 6.07) is 9.98. The molecular formula is C15H13BrClFN2O3S. The maximum Gasteiger partial charge on any atom is 0.261 e. The van der Waals surface area contributed by atoms with E-state index in [1.54, 1.807) is 24.3 Å². The molecule has 0 aliphatic heterocycles. The van der Waals surface area contributed by atoms with Crippen molar-refractivity contribution in [2.24, 2.45) is 0 Å². The van der Waals surface area contributed by atoms with Crippen LogP contribution in [0.25, 0.3) is 0 Å². The molecule has 0 atom stereocenters. The van der Waals surface area contributed by atoms with Gasteiger partial charge >= 0.3 is 0 Å². The average Bonchev–Trinajstić information content (AvgIpc) is 2.56. The van der Waals surface area contributed by atoms with Gasteiger partial charge in [-0.15, -0.1) is 11.6 Å². The molecule has 0 saturated carbocycles. The van der Waals surface area contributed by atoms with Crippen molar-refractivity contribution in [1.82, 2.24) is 5.32 Å². The number of carbonyl (C=O) groups excluding carboxylic acids is 1. The molecule has 0 aliphatic rings. The normalized spacial score (nSPS) is 11.1. The van der Waals surface area contributed by atoms with Crippen LogP contribution in [-0.4, -0.2) is 20.2 Å². The Kier molecular flexibility index (Phi) is 6.20. The first-order chi connectivity index (χ1) is 11.3. The van der Waals surface area contributed by atoms with Crippen LogP contribution < -0.4 is 10.0 Å². The van der Waals surface area contributed by atoms with Gasteiger partial charge in [0.1, 0.15) is 11.7 Å². The lowest BCUT2D eigenvalue weighted by molar-refractivity contribution is -0.118. The minimum absolute atomic E-state index is 0.123. The van der Waals surface area contributed by atoms with E-state index in [0.717, 1.165) is 11.6 Å². The Bertz CT molecular complexity index is 844. The Hall–Kier alpha value is -1.64. The van der Waals surface area contributed by atoms with Crippen molar-refractivity contribution in [3.63, 3.8) is 0 Å². The first-order valence-electron chi connectivity index (χ1n) is 6.71. The van der Waals surface area contributed by atoms with E-state index in [-0.39, 0.29) is 27.7 Å². The van der Waals surface area contributed by atoms with Crippen LogP contribution in [0, 0.1) is 5.82 Å². The SMILES string of the molecule is O=C(CCl)NCc1ccc(NS(=O)(=O)c2ccc(Br)c(F)c2)cc1. The number of amides is 1. The molecule has 1 amide bonds. The fraction of sp³-hybridized carbons (Fsp3) is 0.133. The average molecular weight is 436 g/mol. The fourth-order valence-corrected chi connectivity index (χ4v) is 3.21. The van der Waals surface area contributed by atoms with Crippen LogP contribution in [0.5, 0.6) is 0 Å². The zero-order valence-corrected chi connectivity index (χ0v) is 15.4. The molecule has 0 spiro atoms. The topological polar surface area (TPSA) is 75.3 Å². The predicted molar refractivity (Wildman–Crippen MR) is 93.9 cm³/mol. The van der Waals surface area contributed by atoms with Gasteiger partial charge < -0.3 is 5.32 Å². The Morgan fingerprint density at radius 2 is 1.83 bits per heavy atom. The second kappa shape index (κ2) is 7.96. The fourth-order valence-electron chi connectivity index (χ4n) is 1.80. The Morgan fingerprint density at radius 3 is 2.42 bits per heavy atom. The van der Waals surface area contributed by atoms with Gasteiger partial charge in [-0.2, -0.15) is 0 Å². The summed E-state index contributed by atoms with van der Waals surface area (Å²) in [7, 11) is -3.89. The number of alkyl halides is 1. The van der Waals surface area contributed by atoms with Crippen molar-refractivity contribution in [3.8, 4) is 0 Å². The predicted octanol–water partition coefficient (Wildman–Crippen LogP) is 3.24. The zero-order chi connectivity index (χ0) is 17.7. The van der Waals surface area contributed by atoms with E-state index in [2.05, 4.69) is 26.0 Å². The van der Waals surface area contributed by atoms with Crippen molar-refractivity contribution < 1.29 is 17.6 Å². The van der Waals surface area contributed by atoms with Crippen LogP contribution in [0.15, 0.2) is 51.8 Å². The highest BCUT2D eigenvalue weighted by Gasteiger charge is 2.16. The van der Waals surface area contributed by atoms with Gasteiger partial charge in [0.25, 0.3) is 10.0 Å². The van der Waals surface area contributed by atoms with Crippen LogP contribution in [-0.2, 0) is 21.4 Å². The third-order valence-electron chi connectivity index (χ3n) is 3.02. The maximum absolute atomic E-state index is 13.5. The maximum atomic E-state index is 13.5. The number of anilines is 1. The van der Waals surface area contributed by atoms with Gasteiger partial charge in [0.15, 0.2) is 0 Å². The lowest BCUT2D eigenvalue weighted by Crippen LogP contribution is -2.23. The standard InChI is InChI=1S/C15H13BrClFN2O3S/c16-13-6-5-12(7-14(13)18)24(22,23)20-11-3-1-10(2-4-11)9-19-15(21)8-17/h1-7,20H,8-9H2,(H,19,21). The van der Waals surface area contributed by atoms with Gasteiger partial charge in [0.05, 0.1) is 9.37 Å². The van der Waals surface area contributed by atoms with E-state index in [1.807, 2.05) is 0 Å². The van der Waals surface area contributed by atoms with Crippen molar-refractivity contribution in [3.05, 3.63) is 58.3 Å². The largest absolute Gasteiger partial charge is 0.351 e. The molecule has 0 saturated heterocycles. The number of rotatable bonds is 6. The third kappa shape index (κ3) is 4.93. The number of nitrogens with one attached hydrogen (secondary N) is 2. The summed E-state index contributed by atoms with van der Waals surface area (Å²) < 4.78 is 40.5. The quantitative estimate of drug-likeness (QED) is 0.684. The molecule has 0 heterocycles. The second-order valence-corrected chi connectivity index (χ2v) is 7.59. The van der Waals surface area contributed by atoms with E-state index in [1.165, 1.54) is 12.1 Å². The highest BCUT2D eigenvalue weighted by Crippen LogP contribution is 2.21. The van der Waals surface area contributed by atoms with Gasteiger partial charge in [-0.1, -0.05) is 12.1 Å². The lowest BCUT2D eigenvalue weighted by atomic mass is 10.2. The monoisotopic (exact) mass is 434 g/mol. The smallest absolute Gasteiger partial charge is 0.261 e. The Morgan fingerprint density at radius 1 is 1.17 bits per heavy atom. The molecule has 5 nitrogen and oxygen atoms in total. The molecule has 0 bridgehead atoms. The third-order valence-corrected chi connectivity index (χ3v) is 5.28. The Balaban J connectivity index is 2.09. The molecule has 128 valence electrons. The molecule has 0 unspecified atom stereocenters. The van der Waals surface area contributed by atoms with Gasteiger partial charge in [-0.25, -0.2) is 12.8 Å². The summed E-state index contributed by atoms with van der Waals surface area (Å²) in [5.74, 6) is -1.08. The van der Waals surface area contributed by atoms with Crippen LogP contribution in [0.3, 0.4) is 0 Å². The summed E-state index contributed by atoms with van der Waals surface area (Å²) >= 11 is 8.35. The summed E-state index contributed by atoms with van der Waals surface area (Å²) in [5.41, 5.74) is 1.11. The number of sulfonamides is 1. The Labute approximate surface area is 152 Å². The molecule has 2 N–H and O–H groups in total. The molecular weight excluding hydrogens is 423 g/mol. The summed E-state index contributed by atoms with van der Waals surface area (Å²) in [5, 5.41) is 2.60. The van der Waals surface area contributed by atoms with E-state index in [0.29, 0.717) is 5.69 Å². The number of carbonyl (C=O) groups is 1. The van der Waals surface area contributed by atoms with Crippen LogP contribution in [0.4, 0.5) is 10.1 Å². The molecule has 2 rings (SSSR count). The summed E-state index contributed by atoms with van der Waals surface area (Å²) in [6.45, 7) is 0.288. The van der Waals surface area contributed by atoms with E-state index in [9.17, 15) is 17.6 Å². The van der Waals surface area contributed by atoms with Gasteiger partial charge in [0, 0.05) is 12.2 Å². The van der Waals surface area contributed by atoms with Crippen LogP contribution in [0.1, 0.15) is 5.56 Å². The molecule has 0 aromatic heterocycles. The van der Waals surface area contributed by atoms with Crippen molar-refractivity contribution >= 4 is 49.1 Å². The van der Waals surface area contributed by atoms with E-state index in [4.69, 9.17) is 11.6 Å². The lowest BCUT2D eigenvalue weighted by Gasteiger charge is -2.10. The minimum Gasteiger partial charge on any atom is -0.351 e. The number of halogens is 3. The van der Waals surface area contributed by atoms with Crippen molar-refractivity contribution in [1.29, 1.82) is 0 Å².